The highest BCUT2D eigenvalue weighted by molar-refractivity contribution is 7.99. The summed E-state index contributed by atoms with van der Waals surface area (Å²) >= 11 is 3.01. The normalized spacial score (nSPS) is 19.2. The van der Waals surface area contributed by atoms with Crippen molar-refractivity contribution < 1.29 is 13.2 Å². The second-order valence-electron chi connectivity index (χ2n) is 6.93. The standard InChI is InChI=1S/C17H21N3O4S3/c21-14(20-5-7-27(23,24)8-6-20)10-25-9-13-18-16(22)15-11-3-1-2-4-12(11)26-17(15)19-13/h1-10H2,(H,18,19,22). The first-order valence-corrected chi connectivity index (χ1v) is 12.8. The third-order valence-electron chi connectivity index (χ3n) is 5.04. The van der Waals surface area contributed by atoms with E-state index < -0.39 is 9.84 Å². The predicted molar refractivity (Wildman–Crippen MR) is 108 cm³/mol. The second-order valence-corrected chi connectivity index (χ2v) is 11.3. The number of carbonyl (C=O) groups excluding carboxylic acids is 1. The van der Waals surface area contributed by atoms with Gasteiger partial charge >= 0.3 is 0 Å². The molecule has 2 aromatic heterocycles. The quantitative estimate of drug-likeness (QED) is 0.791. The maximum atomic E-state index is 12.5. The number of hydrogen-bond acceptors (Lipinski definition) is 7. The molecular formula is C17H21N3O4S3. The van der Waals surface area contributed by atoms with Crippen LogP contribution in [0.1, 0.15) is 29.1 Å². The van der Waals surface area contributed by atoms with Gasteiger partial charge in [0.1, 0.15) is 10.7 Å². The van der Waals surface area contributed by atoms with Crippen LogP contribution in [0.3, 0.4) is 0 Å². The topological polar surface area (TPSA) is 100 Å². The lowest BCUT2D eigenvalue weighted by Gasteiger charge is -2.26. The van der Waals surface area contributed by atoms with Gasteiger partial charge in [-0.2, -0.15) is 0 Å². The Labute approximate surface area is 165 Å². The average molecular weight is 428 g/mol. The molecular weight excluding hydrogens is 406 g/mol. The Balaban J connectivity index is 1.39. The second kappa shape index (κ2) is 7.56. The molecule has 0 bridgehead atoms. The number of thiophene rings is 1. The minimum Gasteiger partial charge on any atom is -0.340 e. The number of thioether (sulfide) groups is 1. The molecule has 1 fully saturated rings. The number of aromatic amines is 1. The van der Waals surface area contributed by atoms with Crippen LogP contribution in [-0.4, -0.2) is 59.5 Å². The summed E-state index contributed by atoms with van der Waals surface area (Å²) in [6.07, 6.45) is 4.27. The van der Waals surface area contributed by atoms with Gasteiger partial charge in [-0.1, -0.05) is 0 Å². The van der Waals surface area contributed by atoms with Gasteiger partial charge in [-0.15, -0.1) is 23.1 Å². The molecule has 2 aliphatic rings. The largest absolute Gasteiger partial charge is 0.340 e. The van der Waals surface area contributed by atoms with Crippen molar-refractivity contribution in [3.8, 4) is 0 Å². The van der Waals surface area contributed by atoms with Crippen LogP contribution in [0.4, 0.5) is 0 Å². The Morgan fingerprint density at radius 3 is 2.74 bits per heavy atom. The molecule has 10 heteroatoms. The number of nitrogens with zero attached hydrogens (tertiary/aromatic N) is 2. The van der Waals surface area contributed by atoms with Gasteiger partial charge in [0.25, 0.3) is 5.56 Å². The van der Waals surface area contributed by atoms with Gasteiger partial charge in [0.2, 0.25) is 5.91 Å². The number of fused-ring (bicyclic) bond motifs is 3. The Morgan fingerprint density at radius 2 is 1.96 bits per heavy atom. The molecule has 0 unspecified atom stereocenters. The highest BCUT2D eigenvalue weighted by Gasteiger charge is 2.25. The van der Waals surface area contributed by atoms with Crippen molar-refractivity contribution in [2.24, 2.45) is 0 Å². The highest BCUT2D eigenvalue weighted by Crippen LogP contribution is 2.33. The molecule has 0 aromatic carbocycles. The van der Waals surface area contributed by atoms with Gasteiger partial charge in [-0.05, 0) is 31.2 Å². The summed E-state index contributed by atoms with van der Waals surface area (Å²) in [5, 5.41) is 0.744. The van der Waals surface area contributed by atoms with Crippen molar-refractivity contribution in [3.05, 3.63) is 26.6 Å². The fraction of sp³-hybridized carbons (Fsp3) is 0.588. The van der Waals surface area contributed by atoms with Gasteiger partial charge in [-0.3, -0.25) is 9.59 Å². The van der Waals surface area contributed by atoms with Gasteiger partial charge in [0, 0.05) is 18.0 Å². The van der Waals surface area contributed by atoms with Gasteiger partial charge in [-0.25, -0.2) is 13.4 Å². The van der Waals surface area contributed by atoms with Crippen LogP contribution in [0, 0.1) is 0 Å². The Bertz CT molecular complexity index is 1030. The zero-order valence-corrected chi connectivity index (χ0v) is 17.3. The van der Waals surface area contributed by atoms with Crippen molar-refractivity contribution in [1.29, 1.82) is 0 Å². The minimum absolute atomic E-state index is 0.0397. The maximum absolute atomic E-state index is 12.5. The lowest BCUT2D eigenvalue weighted by atomic mass is 9.97. The van der Waals surface area contributed by atoms with Crippen LogP contribution in [0.2, 0.25) is 0 Å². The van der Waals surface area contributed by atoms with Crippen LogP contribution in [-0.2, 0) is 33.2 Å². The number of aryl methyl sites for hydroxylation is 2. The molecule has 0 radical (unpaired) electrons. The van der Waals surface area contributed by atoms with Crippen LogP contribution in [0.15, 0.2) is 4.79 Å². The fourth-order valence-corrected chi connectivity index (χ4v) is 6.84. The van der Waals surface area contributed by atoms with Gasteiger partial charge in [0.15, 0.2) is 9.84 Å². The van der Waals surface area contributed by atoms with Crippen LogP contribution in [0.25, 0.3) is 10.2 Å². The summed E-state index contributed by atoms with van der Waals surface area (Å²) in [6, 6.07) is 0. The van der Waals surface area contributed by atoms with E-state index in [2.05, 4.69) is 9.97 Å². The minimum atomic E-state index is -2.99. The molecule has 1 amide bonds. The van der Waals surface area contributed by atoms with E-state index in [4.69, 9.17) is 0 Å². The van der Waals surface area contributed by atoms with Gasteiger partial charge in [0.05, 0.1) is 28.4 Å². The SMILES string of the molecule is O=C(CSCc1nc2sc3c(c2c(=O)[nH]1)CCCC3)N1CCS(=O)(=O)CC1. The first kappa shape index (κ1) is 18.9. The predicted octanol–water partition coefficient (Wildman–Crippen LogP) is 1.35. The van der Waals surface area contributed by atoms with E-state index in [0.29, 0.717) is 11.6 Å². The molecule has 3 heterocycles. The molecule has 0 saturated carbocycles. The van der Waals surface area contributed by atoms with Crippen LogP contribution >= 0.6 is 23.1 Å². The molecule has 0 spiro atoms. The van der Waals surface area contributed by atoms with E-state index in [0.717, 1.165) is 29.5 Å². The molecule has 1 aliphatic carbocycles. The monoisotopic (exact) mass is 427 g/mol. The van der Waals surface area contributed by atoms with Gasteiger partial charge < -0.3 is 9.88 Å². The maximum Gasteiger partial charge on any atom is 0.259 e. The number of rotatable bonds is 4. The van der Waals surface area contributed by atoms with Crippen molar-refractivity contribution >= 4 is 49.1 Å². The summed E-state index contributed by atoms with van der Waals surface area (Å²) in [7, 11) is -2.99. The Morgan fingerprint density at radius 1 is 1.22 bits per heavy atom. The summed E-state index contributed by atoms with van der Waals surface area (Å²) < 4.78 is 22.9. The van der Waals surface area contributed by atoms with Crippen LogP contribution in [0.5, 0.6) is 0 Å². The zero-order chi connectivity index (χ0) is 19.0. The number of hydrogen-bond donors (Lipinski definition) is 1. The number of nitrogens with one attached hydrogen (secondary N) is 1. The lowest BCUT2D eigenvalue weighted by Crippen LogP contribution is -2.44. The molecule has 0 atom stereocenters. The van der Waals surface area contributed by atoms with Crippen LogP contribution < -0.4 is 5.56 Å². The third kappa shape index (κ3) is 4.07. The third-order valence-corrected chi connectivity index (χ3v) is 8.76. The van der Waals surface area contributed by atoms with E-state index in [9.17, 15) is 18.0 Å². The summed E-state index contributed by atoms with van der Waals surface area (Å²) in [5.41, 5.74) is 1.09. The summed E-state index contributed by atoms with van der Waals surface area (Å²) in [4.78, 5) is 35.9. The summed E-state index contributed by atoms with van der Waals surface area (Å²) in [5.74, 6) is 1.31. The highest BCUT2D eigenvalue weighted by atomic mass is 32.2. The fourth-order valence-electron chi connectivity index (χ4n) is 3.56. The number of sulfone groups is 1. The van der Waals surface area contributed by atoms with Crippen molar-refractivity contribution in [2.45, 2.75) is 31.4 Å². The molecule has 27 heavy (non-hydrogen) atoms. The van der Waals surface area contributed by atoms with E-state index in [-0.39, 0.29) is 41.8 Å². The average Bonchev–Trinajstić information content (AvgIpc) is 3.00. The molecule has 1 saturated heterocycles. The molecule has 1 N–H and O–H groups in total. The smallest absolute Gasteiger partial charge is 0.259 e. The van der Waals surface area contributed by atoms with Crippen molar-refractivity contribution in [1.82, 2.24) is 14.9 Å². The molecule has 4 rings (SSSR count). The van der Waals surface area contributed by atoms with E-state index in [1.807, 2.05) is 0 Å². The Kier molecular flexibility index (Phi) is 5.30. The Hall–Kier alpha value is -1.39. The number of H-pyrrole nitrogens is 1. The number of aromatic nitrogens is 2. The van der Waals surface area contributed by atoms with E-state index in [1.165, 1.54) is 28.6 Å². The zero-order valence-electron chi connectivity index (χ0n) is 14.8. The molecule has 7 nitrogen and oxygen atoms in total. The summed E-state index contributed by atoms with van der Waals surface area (Å²) in [6.45, 7) is 0.535. The van der Waals surface area contributed by atoms with Crippen molar-refractivity contribution in [3.63, 3.8) is 0 Å². The lowest BCUT2D eigenvalue weighted by molar-refractivity contribution is -0.128. The number of carbonyl (C=O) groups is 1. The first-order valence-electron chi connectivity index (χ1n) is 9.02. The van der Waals surface area contributed by atoms with E-state index >= 15 is 0 Å². The molecule has 1 aliphatic heterocycles. The number of amides is 1. The van der Waals surface area contributed by atoms with E-state index in [1.54, 1.807) is 16.2 Å². The molecule has 146 valence electrons. The van der Waals surface area contributed by atoms with Crippen molar-refractivity contribution in [2.75, 3.05) is 30.3 Å². The molecule has 2 aromatic rings. The first-order chi connectivity index (χ1) is 12.9.